The molecule has 0 unspecified atom stereocenters. The lowest BCUT2D eigenvalue weighted by molar-refractivity contribution is -0.161. The van der Waals surface area contributed by atoms with Crippen LogP contribution in [0.5, 0.6) is 11.5 Å². The Morgan fingerprint density at radius 3 is 2.82 bits per heavy atom. The van der Waals surface area contributed by atoms with Crippen LogP contribution in [0, 0.1) is 5.92 Å². The third-order valence-corrected chi connectivity index (χ3v) is 3.25. The van der Waals surface area contributed by atoms with Crippen LogP contribution in [0.2, 0.25) is 0 Å². The Hall–Kier alpha value is -1.71. The smallest absolute Gasteiger partial charge is 0.350 e. The average Bonchev–Trinajstić information content (AvgIpc) is 2.67. The Bertz CT molecular complexity index is 453. The van der Waals surface area contributed by atoms with E-state index in [1.807, 2.05) is 13.8 Å². The molecule has 0 amide bonds. The molecule has 1 heterocycles. The summed E-state index contributed by atoms with van der Waals surface area (Å²) in [7, 11) is 1.36. The number of phenolic OH excluding ortho intramolecular Hbond substituents is 1. The highest BCUT2D eigenvalue weighted by atomic mass is 16.6. The quantitative estimate of drug-likeness (QED) is 0.797. The highest BCUT2D eigenvalue weighted by molar-refractivity contribution is 5.82. The molecule has 1 N–H and O–H groups in total. The van der Waals surface area contributed by atoms with Gasteiger partial charge in [-0.05, 0) is 18.2 Å². The van der Waals surface area contributed by atoms with Gasteiger partial charge in [0.05, 0.1) is 7.11 Å². The molecule has 1 aliphatic heterocycles. The van der Waals surface area contributed by atoms with Gasteiger partial charge in [-0.15, -0.1) is 0 Å². The number of fused-ring (bicyclic) bond motifs is 1. The van der Waals surface area contributed by atoms with Gasteiger partial charge in [0.2, 0.25) is 5.60 Å². The predicted molar refractivity (Wildman–Crippen MR) is 62.0 cm³/mol. The fourth-order valence-electron chi connectivity index (χ4n) is 2.16. The van der Waals surface area contributed by atoms with Crippen LogP contribution in [0.25, 0.3) is 0 Å². The Morgan fingerprint density at radius 1 is 1.53 bits per heavy atom. The minimum Gasteiger partial charge on any atom is -0.508 e. The zero-order valence-electron chi connectivity index (χ0n) is 10.2. The van der Waals surface area contributed by atoms with Gasteiger partial charge in [0.1, 0.15) is 11.5 Å². The van der Waals surface area contributed by atoms with Crippen molar-refractivity contribution in [2.75, 3.05) is 7.11 Å². The molecule has 4 heteroatoms. The summed E-state index contributed by atoms with van der Waals surface area (Å²) in [5.74, 6) is 0.436. The van der Waals surface area contributed by atoms with Gasteiger partial charge in [0, 0.05) is 17.9 Å². The van der Waals surface area contributed by atoms with E-state index in [1.165, 1.54) is 7.11 Å². The van der Waals surface area contributed by atoms with Crippen molar-refractivity contribution in [2.24, 2.45) is 5.92 Å². The van der Waals surface area contributed by atoms with Gasteiger partial charge < -0.3 is 14.6 Å². The second-order valence-electron chi connectivity index (χ2n) is 4.61. The van der Waals surface area contributed by atoms with E-state index in [0.717, 1.165) is 5.56 Å². The first-order valence-corrected chi connectivity index (χ1v) is 5.59. The van der Waals surface area contributed by atoms with Crippen molar-refractivity contribution in [1.29, 1.82) is 0 Å². The molecule has 0 bridgehead atoms. The SMILES string of the molecule is COC(=O)[C@]1(C(C)C)Cc2cc(O)ccc2O1. The molecule has 1 atom stereocenters. The van der Waals surface area contributed by atoms with Gasteiger partial charge in [-0.25, -0.2) is 4.79 Å². The summed E-state index contributed by atoms with van der Waals surface area (Å²) in [6.07, 6.45) is 0.432. The van der Waals surface area contributed by atoms with Gasteiger partial charge in [0.25, 0.3) is 0 Å². The first kappa shape index (κ1) is 11.8. The molecule has 17 heavy (non-hydrogen) atoms. The summed E-state index contributed by atoms with van der Waals surface area (Å²) < 4.78 is 10.6. The van der Waals surface area contributed by atoms with E-state index in [4.69, 9.17) is 9.47 Å². The average molecular weight is 236 g/mol. The van der Waals surface area contributed by atoms with Crippen LogP contribution in [0.4, 0.5) is 0 Å². The fourth-order valence-corrected chi connectivity index (χ4v) is 2.16. The Balaban J connectivity index is 2.40. The summed E-state index contributed by atoms with van der Waals surface area (Å²) in [6, 6.07) is 4.85. The number of hydrogen-bond acceptors (Lipinski definition) is 4. The Labute approximate surface area is 100 Å². The van der Waals surface area contributed by atoms with Gasteiger partial charge in [-0.2, -0.15) is 0 Å². The summed E-state index contributed by atoms with van der Waals surface area (Å²) in [4.78, 5) is 11.9. The minimum absolute atomic E-state index is 0.00973. The highest BCUT2D eigenvalue weighted by Gasteiger charge is 2.50. The van der Waals surface area contributed by atoms with Crippen molar-refractivity contribution >= 4 is 5.97 Å². The molecule has 0 spiro atoms. The predicted octanol–water partition coefficient (Wildman–Crippen LogP) is 1.89. The van der Waals surface area contributed by atoms with E-state index in [2.05, 4.69) is 0 Å². The normalized spacial score (nSPS) is 22.1. The lowest BCUT2D eigenvalue weighted by Gasteiger charge is -2.29. The molecule has 0 saturated carbocycles. The van der Waals surface area contributed by atoms with Crippen molar-refractivity contribution in [3.63, 3.8) is 0 Å². The van der Waals surface area contributed by atoms with Gasteiger partial charge >= 0.3 is 5.97 Å². The van der Waals surface area contributed by atoms with Crippen molar-refractivity contribution < 1.29 is 19.4 Å². The molecule has 0 saturated heterocycles. The third kappa shape index (κ3) is 1.73. The standard InChI is InChI=1S/C13H16O4/c1-8(2)13(12(15)16-3)7-9-6-10(14)4-5-11(9)17-13/h4-6,8,14H,7H2,1-3H3/t13-/m1/s1. The molecular formula is C13H16O4. The molecule has 0 aromatic heterocycles. The maximum Gasteiger partial charge on any atom is 0.350 e. The van der Waals surface area contributed by atoms with Crippen LogP contribution < -0.4 is 4.74 Å². The molecule has 1 aromatic rings. The van der Waals surface area contributed by atoms with E-state index in [-0.39, 0.29) is 17.6 Å². The number of esters is 1. The second-order valence-corrected chi connectivity index (χ2v) is 4.61. The number of rotatable bonds is 2. The van der Waals surface area contributed by atoms with E-state index in [9.17, 15) is 9.90 Å². The number of benzene rings is 1. The zero-order valence-corrected chi connectivity index (χ0v) is 10.2. The first-order valence-electron chi connectivity index (χ1n) is 5.59. The molecule has 1 aliphatic rings. The molecule has 0 radical (unpaired) electrons. The molecule has 92 valence electrons. The maximum atomic E-state index is 11.9. The molecule has 0 aliphatic carbocycles. The number of aromatic hydroxyl groups is 1. The Kier molecular flexibility index (Phi) is 2.73. The highest BCUT2D eigenvalue weighted by Crippen LogP contribution is 2.41. The number of carbonyl (C=O) groups is 1. The number of methoxy groups -OCH3 is 1. The lowest BCUT2D eigenvalue weighted by Crippen LogP contribution is -2.49. The summed E-state index contributed by atoms with van der Waals surface area (Å²) in [5.41, 5.74) is -0.130. The van der Waals surface area contributed by atoms with Crippen molar-refractivity contribution in [1.82, 2.24) is 0 Å². The summed E-state index contributed by atoms with van der Waals surface area (Å²) >= 11 is 0. The topological polar surface area (TPSA) is 55.8 Å². The maximum absolute atomic E-state index is 11.9. The van der Waals surface area contributed by atoms with E-state index >= 15 is 0 Å². The molecule has 1 aromatic carbocycles. The monoisotopic (exact) mass is 236 g/mol. The van der Waals surface area contributed by atoms with Gasteiger partial charge in [0.15, 0.2) is 0 Å². The first-order chi connectivity index (χ1) is 7.99. The van der Waals surface area contributed by atoms with Crippen molar-refractivity contribution in [3.05, 3.63) is 23.8 Å². The second kappa shape index (κ2) is 3.95. The van der Waals surface area contributed by atoms with Crippen LogP contribution in [0.1, 0.15) is 19.4 Å². The lowest BCUT2D eigenvalue weighted by atomic mass is 9.86. The molecule has 2 rings (SSSR count). The Morgan fingerprint density at radius 2 is 2.24 bits per heavy atom. The van der Waals surface area contributed by atoms with E-state index < -0.39 is 5.60 Å². The number of phenols is 1. The van der Waals surface area contributed by atoms with Crippen molar-refractivity contribution in [3.8, 4) is 11.5 Å². The van der Waals surface area contributed by atoms with E-state index in [1.54, 1.807) is 18.2 Å². The summed E-state index contributed by atoms with van der Waals surface area (Å²) in [6.45, 7) is 3.84. The van der Waals surface area contributed by atoms with Gasteiger partial charge in [-0.3, -0.25) is 0 Å². The molecular weight excluding hydrogens is 220 g/mol. The third-order valence-electron chi connectivity index (χ3n) is 3.25. The van der Waals surface area contributed by atoms with E-state index in [0.29, 0.717) is 12.2 Å². The van der Waals surface area contributed by atoms with Crippen LogP contribution in [-0.4, -0.2) is 23.8 Å². The largest absolute Gasteiger partial charge is 0.508 e. The minimum atomic E-state index is -0.967. The molecule has 0 fully saturated rings. The van der Waals surface area contributed by atoms with Crippen LogP contribution >= 0.6 is 0 Å². The van der Waals surface area contributed by atoms with Crippen LogP contribution in [0.15, 0.2) is 18.2 Å². The number of ether oxygens (including phenoxy) is 2. The number of hydrogen-bond donors (Lipinski definition) is 1. The van der Waals surface area contributed by atoms with Gasteiger partial charge in [-0.1, -0.05) is 13.8 Å². The zero-order chi connectivity index (χ0) is 12.6. The number of carbonyl (C=O) groups excluding carboxylic acids is 1. The summed E-state index contributed by atoms with van der Waals surface area (Å²) in [5, 5.41) is 9.43. The van der Waals surface area contributed by atoms with Crippen molar-refractivity contribution in [2.45, 2.75) is 25.9 Å². The van der Waals surface area contributed by atoms with Crippen LogP contribution in [-0.2, 0) is 16.0 Å². The molecule has 4 nitrogen and oxygen atoms in total. The van der Waals surface area contributed by atoms with Crippen LogP contribution in [0.3, 0.4) is 0 Å². The fraction of sp³-hybridized carbons (Fsp3) is 0.462.